The van der Waals surface area contributed by atoms with Crippen LogP contribution in [0, 0.1) is 17.0 Å². The predicted molar refractivity (Wildman–Crippen MR) is 79.8 cm³/mol. The summed E-state index contributed by atoms with van der Waals surface area (Å²) in [4.78, 5) is 10.5. The van der Waals surface area contributed by atoms with Crippen LogP contribution in [-0.2, 0) is 6.54 Å². The lowest BCUT2D eigenvalue weighted by molar-refractivity contribution is -0.384. The fraction of sp³-hybridized carbons (Fsp3) is 0.250. The van der Waals surface area contributed by atoms with Crippen LogP contribution in [0.3, 0.4) is 0 Å². The number of non-ortho nitro benzene ring substituents is 1. The molecule has 3 rings (SSSR count). The van der Waals surface area contributed by atoms with Crippen molar-refractivity contribution < 1.29 is 9.31 Å². The number of nitro benzene ring substituents is 1. The number of fused-ring (bicyclic) bond motifs is 1. The van der Waals surface area contributed by atoms with Gasteiger partial charge in [0.15, 0.2) is 0 Å². The van der Waals surface area contributed by atoms with E-state index in [4.69, 9.17) is 0 Å². The Morgan fingerprint density at radius 1 is 1.43 bits per heavy atom. The summed E-state index contributed by atoms with van der Waals surface area (Å²) in [6, 6.07) is 5.01. The molecular weight excluding hydrogens is 271 g/mol. The van der Waals surface area contributed by atoms with Gasteiger partial charge in [0.25, 0.3) is 5.69 Å². The molecule has 1 aromatic carbocycles. The Labute approximate surface area is 121 Å². The van der Waals surface area contributed by atoms with Crippen LogP contribution in [0.25, 0.3) is 10.9 Å². The summed E-state index contributed by atoms with van der Waals surface area (Å²) in [5.74, 6) is -0.0867. The molecule has 0 atom stereocenters. The number of hydrogen-bond acceptors (Lipinski definition) is 2. The van der Waals surface area contributed by atoms with E-state index in [1.165, 1.54) is 0 Å². The highest BCUT2D eigenvalue weighted by Crippen LogP contribution is 2.27. The average molecular weight is 286 g/mol. The lowest BCUT2D eigenvalue weighted by Gasteiger charge is -2.12. The maximum absolute atomic E-state index is 13.3. The minimum Gasteiger partial charge on any atom is -0.343 e. The van der Waals surface area contributed by atoms with Gasteiger partial charge in [0.2, 0.25) is 0 Å². The van der Waals surface area contributed by atoms with Crippen LogP contribution in [0.4, 0.5) is 10.1 Å². The van der Waals surface area contributed by atoms with Gasteiger partial charge in [-0.1, -0.05) is 6.08 Å². The van der Waals surface area contributed by atoms with Crippen molar-refractivity contribution in [3.8, 4) is 0 Å². The van der Waals surface area contributed by atoms with Gasteiger partial charge in [0.05, 0.1) is 10.4 Å². The van der Waals surface area contributed by atoms with E-state index in [1.54, 1.807) is 18.2 Å². The highest BCUT2D eigenvalue weighted by atomic mass is 19.1. The molecule has 21 heavy (non-hydrogen) atoms. The van der Waals surface area contributed by atoms with Gasteiger partial charge in [-0.05, 0) is 36.6 Å². The van der Waals surface area contributed by atoms with Crippen LogP contribution >= 0.6 is 0 Å². The molecule has 1 heterocycles. The summed E-state index contributed by atoms with van der Waals surface area (Å²) in [6.07, 6.45) is 6.71. The van der Waals surface area contributed by atoms with Crippen molar-refractivity contribution in [2.24, 2.45) is 0 Å². The normalized spacial score (nSPS) is 15.0. The molecular formula is C16H15FN2O2. The molecule has 0 saturated heterocycles. The Kier molecular flexibility index (Phi) is 3.33. The molecule has 2 aromatic rings. The van der Waals surface area contributed by atoms with Crippen LogP contribution in [-0.4, -0.2) is 9.49 Å². The van der Waals surface area contributed by atoms with E-state index < -0.39 is 0 Å². The molecule has 0 radical (unpaired) electrons. The molecule has 0 fully saturated rings. The van der Waals surface area contributed by atoms with E-state index in [0.29, 0.717) is 13.0 Å². The average Bonchev–Trinajstić information content (AvgIpc) is 2.82. The zero-order chi connectivity index (χ0) is 15.0. The first kappa shape index (κ1) is 13.5. The lowest BCUT2D eigenvalue weighted by atomic mass is 10.1. The maximum Gasteiger partial charge on any atom is 0.270 e. The molecule has 1 aromatic heterocycles. The van der Waals surface area contributed by atoms with Gasteiger partial charge in [0, 0.05) is 36.7 Å². The number of allylic oxidation sites excluding steroid dienone is 4. The van der Waals surface area contributed by atoms with Crippen molar-refractivity contribution in [2.75, 3.05) is 0 Å². The predicted octanol–water partition coefficient (Wildman–Crippen LogP) is 4.43. The smallest absolute Gasteiger partial charge is 0.270 e. The number of rotatable bonds is 3. The first-order chi connectivity index (χ1) is 10.0. The second-order valence-corrected chi connectivity index (χ2v) is 5.31. The highest BCUT2D eigenvalue weighted by Gasteiger charge is 2.13. The Morgan fingerprint density at radius 3 is 2.95 bits per heavy atom. The molecule has 0 bridgehead atoms. The second-order valence-electron chi connectivity index (χ2n) is 5.31. The fourth-order valence-electron chi connectivity index (χ4n) is 2.82. The molecule has 0 spiro atoms. The van der Waals surface area contributed by atoms with Crippen molar-refractivity contribution in [1.29, 1.82) is 0 Å². The Hall–Kier alpha value is -2.43. The third-order valence-corrected chi connectivity index (χ3v) is 3.73. The van der Waals surface area contributed by atoms with Crippen molar-refractivity contribution in [1.82, 2.24) is 4.57 Å². The molecule has 1 aliphatic carbocycles. The summed E-state index contributed by atoms with van der Waals surface area (Å²) in [7, 11) is 0. The number of benzene rings is 1. The van der Waals surface area contributed by atoms with Crippen molar-refractivity contribution in [3.05, 3.63) is 63.6 Å². The first-order valence-corrected chi connectivity index (χ1v) is 6.83. The summed E-state index contributed by atoms with van der Waals surface area (Å²) >= 11 is 0. The minimum atomic E-state index is -0.383. The van der Waals surface area contributed by atoms with E-state index in [1.807, 2.05) is 29.8 Å². The van der Waals surface area contributed by atoms with Crippen LogP contribution < -0.4 is 0 Å². The van der Waals surface area contributed by atoms with Crippen molar-refractivity contribution in [3.63, 3.8) is 0 Å². The summed E-state index contributed by atoms with van der Waals surface area (Å²) in [6.45, 7) is 2.44. The Balaban J connectivity index is 2.01. The fourth-order valence-corrected chi connectivity index (χ4v) is 2.82. The number of aryl methyl sites for hydroxylation is 1. The van der Waals surface area contributed by atoms with Crippen molar-refractivity contribution >= 4 is 16.6 Å². The number of halogens is 1. The summed E-state index contributed by atoms with van der Waals surface area (Å²) in [5.41, 5.74) is 2.85. The lowest BCUT2D eigenvalue weighted by Crippen LogP contribution is -2.02. The number of nitrogens with zero attached hydrogens (tertiary/aromatic N) is 2. The standard InChI is InChI=1S/C16H15FN2O2/c1-11-7-15(19(20)21)9-13-5-6-18(16(11)13)10-12-3-2-4-14(17)8-12/h3,5-9H,2,4,10H2,1H3. The van der Waals surface area contributed by atoms with Gasteiger partial charge in [-0.2, -0.15) is 0 Å². The van der Waals surface area contributed by atoms with E-state index in [-0.39, 0.29) is 16.4 Å². The van der Waals surface area contributed by atoms with E-state index >= 15 is 0 Å². The first-order valence-electron chi connectivity index (χ1n) is 6.83. The van der Waals surface area contributed by atoms with Gasteiger partial charge < -0.3 is 4.57 Å². The molecule has 0 N–H and O–H groups in total. The van der Waals surface area contributed by atoms with Crippen LogP contribution in [0.5, 0.6) is 0 Å². The number of nitro groups is 1. The van der Waals surface area contributed by atoms with Crippen molar-refractivity contribution in [2.45, 2.75) is 26.3 Å². The molecule has 0 aliphatic heterocycles. The van der Waals surface area contributed by atoms with Gasteiger partial charge in [-0.15, -0.1) is 0 Å². The third-order valence-electron chi connectivity index (χ3n) is 3.73. The second kappa shape index (κ2) is 5.16. The number of hydrogen-bond donors (Lipinski definition) is 0. The molecule has 1 aliphatic rings. The molecule has 0 amide bonds. The van der Waals surface area contributed by atoms with E-state index in [2.05, 4.69) is 0 Å². The van der Waals surface area contributed by atoms with Crippen LogP contribution in [0.1, 0.15) is 18.4 Å². The summed E-state index contributed by atoms with van der Waals surface area (Å²) < 4.78 is 15.3. The third kappa shape index (κ3) is 2.59. The van der Waals surface area contributed by atoms with Gasteiger partial charge >= 0.3 is 0 Å². The Morgan fingerprint density at radius 2 is 2.24 bits per heavy atom. The molecule has 0 unspecified atom stereocenters. The molecule has 108 valence electrons. The number of aromatic nitrogens is 1. The molecule has 4 nitrogen and oxygen atoms in total. The van der Waals surface area contributed by atoms with Gasteiger partial charge in [0.1, 0.15) is 5.83 Å². The van der Waals surface area contributed by atoms with E-state index in [9.17, 15) is 14.5 Å². The van der Waals surface area contributed by atoms with Crippen LogP contribution in [0.2, 0.25) is 0 Å². The monoisotopic (exact) mass is 286 g/mol. The zero-order valence-corrected chi connectivity index (χ0v) is 11.7. The largest absolute Gasteiger partial charge is 0.343 e. The maximum atomic E-state index is 13.3. The van der Waals surface area contributed by atoms with Gasteiger partial charge in [-0.3, -0.25) is 10.1 Å². The minimum absolute atomic E-state index is 0.0867. The van der Waals surface area contributed by atoms with Gasteiger partial charge in [-0.25, -0.2) is 4.39 Å². The van der Waals surface area contributed by atoms with E-state index in [0.717, 1.165) is 28.5 Å². The Bertz CT molecular complexity index is 787. The summed E-state index contributed by atoms with van der Waals surface area (Å²) in [5, 5.41) is 11.7. The van der Waals surface area contributed by atoms with Crippen LogP contribution in [0.15, 0.2) is 47.9 Å². The highest BCUT2D eigenvalue weighted by molar-refractivity contribution is 5.85. The SMILES string of the molecule is Cc1cc([N+](=O)[O-])cc2ccn(CC3=CCCC(F)=C3)c12. The zero-order valence-electron chi connectivity index (χ0n) is 11.7. The quantitative estimate of drug-likeness (QED) is 0.619. The molecule has 5 heteroatoms. The topological polar surface area (TPSA) is 48.1 Å². The molecule has 0 saturated carbocycles.